The standard InChI is InChI=1S/C12H12N2O/c1-3-14-12-10(8-13-2)9-6-4-5-7-11(9)15-12/h3-8H,1-2H3/b13-8-,14-3-. The van der Waals surface area contributed by atoms with Crippen LogP contribution in [0.2, 0.25) is 0 Å². The second kappa shape index (κ2) is 4.09. The van der Waals surface area contributed by atoms with E-state index in [0.29, 0.717) is 5.88 Å². The molecule has 0 unspecified atom stereocenters. The lowest BCUT2D eigenvalue weighted by Gasteiger charge is -1.88. The minimum atomic E-state index is 0.615. The molecule has 76 valence electrons. The van der Waals surface area contributed by atoms with Crippen LogP contribution in [0.4, 0.5) is 5.88 Å². The van der Waals surface area contributed by atoms with Crippen molar-refractivity contribution >= 4 is 29.3 Å². The summed E-state index contributed by atoms with van der Waals surface area (Å²) in [6.45, 7) is 1.86. The summed E-state index contributed by atoms with van der Waals surface area (Å²) in [6, 6.07) is 7.85. The van der Waals surface area contributed by atoms with Crippen LogP contribution in [-0.4, -0.2) is 19.5 Å². The number of hydrogen-bond donors (Lipinski definition) is 0. The van der Waals surface area contributed by atoms with Gasteiger partial charge in [0.05, 0.1) is 5.56 Å². The van der Waals surface area contributed by atoms with Gasteiger partial charge in [0.15, 0.2) is 0 Å². The van der Waals surface area contributed by atoms with Gasteiger partial charge in [-0.05, 0) is 13.0 Å². The van der Waals surface area contributed by atoms with Gasteiger partial charge in [-0.3, -0.25) is 4.99 Å². The van der Waals surface area contributed by atoms with E-state index in [2.05, 4.69) is 9.98 Å². The summed E-state index contributed by atoms with van der Waals surface area (Å²) in [5, 5.41) is 1.05. The average Bonchev–Trinajstić information content (AvgIpc) is 2.59. The predicted octanol–water partition coefficient (Wildman–Crippen LogP) is 3.20. The first-order valence-electron chi connectivity index (χ1n) is 4.79. The molecular weight excluding hydrogens is 188 g/mol. The third kappa shape index (κ3) is 1.68. The van der Waals surface area contributed by atoms with Crippen molar-refractivity contribution in [3.05, 3.63) is 29.8 Å². The average molecular weight is 200 g/mol. The zero-order chi connectivity index (χ0) is 10.7. The van der Waals surface area contributed by atoms with E-state index in [1.165, 1.54) is 0 Å². The van der Waals surface area contributed by atoms with Crippen molar-refractivity contribution in [3.63, 3.8) is 0 Å². The van der Waals surface area contributed by atoms with E-state index in [1.54, 1.807) is 19.5 Å². The summed E-state index contributed by atoms with van der Waals surface area (Å²) < 4.78 is 5.60. The molecule has 3 nitrogen and oxygen atoms in total. The van der Waals surface area contributed by atoms with Crippen LogP contribution in [0.3, 0.4) is 0 Å². The molecule has 1 aromatic heterocycles. The third-order valence-electron chi connectivity index (χ3n) is 2.12. The van der Waals surface area contributed by atoms with Crippen LogP contribution in [0, 0.1) is 0 Å². The maximum Gasteiger partial charge on any atom is 0.228 e. The highest BCUT2D eigenvalue weighted by molar-refractivity contribution is 6.02. The van der Waals surface area contributed by atoms with Crippen molar-refractivity contribution < 1.29 is 4.42 Å². The molecule has 0 radical (unpaired) electrons. The molecule has 0 aliphatic rings. The number of rotatable bonds is 2. The van der Waals surface area contributed by atoms with Crippen LogP contribution in [0.5, 0.6) is 0 Å². The zero-order valence-electron chi connectivity index (χ0n) is 8.77. The van der Waals surface area contributed by atoms with E-state index < -0.39 is 0 Å². The van der Waals surface area contributed by atoms with Crippen LogP contribution >= 0.6 is 0 Å². The van der Waals surface area contributed by atoms with Crippen molar-refractivity contribution in [2.45, 2.75) is 6.92 Å². The van der Waals surface area contributed by atoms with Gasteiger partial charge in [-0.2, -0.15) is 0 Å². The third-order valence-corrected chi connectivity index (χ3v) is 2.12. The Bertz CT molecular complexity index is 523. The van der Waals surface area contributed by atoms with Gasteiger partial charge in [0.2, 0.25) is 5.88 Å². The number of benzene rings is 1. The van der Waals surface area contributed by atoms with Crippen molar-refractivity contribution in [1.82, 2.24) is 0 Å². The molecule has 0 amide bonds. The van der Waals surface area contributed by atoms with Gasteiger partial charge in [-0.15, -0.1) is 0 Å². The minimum absolute atomic E-state index is 0.615. The molecule has 3 heteroatoms. The van der Waals surface area contributed by atoms with Crippen molar-refractivity contribution in [2.24, 2.45) is 9.98 Å². The molecule has 0 spiro atoms. The molecule has 1 heterocycles. The first-order valence-corrected chi connectivity index (χ1v) is 4.79. The van der Waals surface area contributed by atoms with Crippen molar-refractivity contribution in [2.75, 3.05) is 7.05 Å². The lowest BCUT2D eigenvalue weighted by Crippen LogP contribution is -1.78. The summed E-state index contributed by atoms with van der Waals surface area (Å²) in [4.78, 5) is 8.19. The van der Waals surface area contributed by atoms with E-state index in [1.807, 2.05) is 31.2 Å². The number of hydrogen-bond acceptors (Lipinski definition) is 3. The SMILES string of the molecule is C/C=N\c1oc2ccccc2c1/C=N\C. The van der Waals surface area contributed by atoms with E-state index >= 15 is 0 Å². The highest BCUT2D eigenvalue weighted by atomic mass is 16.3. The first kappa shape index (κ1) is 9.65. The van der Waals surface area contributed by atoms with Gasteiger partial charge in [-0.1, -0.05) is 18.2 Å². The van der Waals surface area contributed by atoms with E-state index in [4.69, 9.17) is 4.42 Å². The normalized spacial score (nSPS) is 12.1. The van der Waals surface area contributed by atoms with Crippen LogP contribution in [0.15, 0.2) is 38.7 Å². The van der Waals surface area contributed by atoms with E-state index in [0.717, 1.165) is 16.5 Å². The van der Waals surface area contributed by atoms with Crippen molar-refractivity contribution in [3.8, 4) is 0 Å². The second-order valence-electron chi connectivity index (χ2n) is 3.09. The van der Waals surface area contributed by atoms with Crippen LogP contribution in [0.1, 0.15) is 12.5 Å². The molecule has 0 aliphatic carbocycles. The number of fused-ring (bicyclic) bond motifs is 1. The van der Waals surface area contributed by atoms with Crippen molar-refractivity contribution in [1.29, 1.82) is 0 Å². The molecular formula is C12H12N2O. The second-order valence-corrected chi connectivity index (χ2v) is 3.09. The molecule has 0 saturated heterocycles. The van der Waals surface area contributed by atoms with Gasteiger partial charge >= 0.3 is 0 Å². The summed E-state index contributed by atoms with van der Waals surface area (Å²) in [7, 11) is 1.74. The maximum absolute atomic E-state index is 5.60. The fourth-order valence-electron chi connectivity index (χ4n) is 1.52. The Morgan fingerprint density at radius 2 is 2.07 bits per heavy atom. The molecule has 2 rings (SSSR count). The highest BCUT2D eigenvalue weighted by Gasteiger charge is 2.09. The quantitative estimate of drug-likeness (QED) is 0.686. The number of para-hydroxylation sites is 1. The summed E-state index contributed by atoms with van der Waals surface area (Å²) >= 11 is 0. The minimum Gasteiger partial charge on any atom is -0.438 e. The Labute approximate surface area is 88.2 Å². The van der Waals surface area contributed by atoms with Crippen LogP contribution in [0.25, 0.3) is 11.0 Å². The lowest BCUT2D eigenvalue weighted by atomic mass is 10.2. The Morgan fingerprint density at radius 3 is 2.80 bits per heavy atom. The highest BCUT2D eigenvalue weighted by Crippen LogP contribution is 2.30. The summed E-state index contributed by atoms with van der Waals surface area (Å²) in [5.41, 5.74) is 1.78. The number of nitrogens with zero attached hydrogens (tertiary/aromatic N) is 2. The molecule has 0 atom stereocenters. The molecule has 0 saturated carbocycles. The Balaban J connectivity index is 2.74. The van der Waals surface area contributed by atoms with E-state index in [9.17, 15) is 0 Å². The molecule has 0 aliphatic heterocycles. The monoisotopic (exact) mass is 200 g/mol. The molecule has 15 heavy (non-hydrogen) atoms. The molecule has 1 aromatic carbocycles. The van der Waals surface area contributed by atoms with Crippen LogP contribution in [-0.2, 0) is 0 Å². The Hall–Kier alpha value is -1.90. The first-order chi connectivity index (χ1) is 7.36. The Kier molecular flexibility index (Phi) is 2.63. The zero-order valence-corrected chi connectivity index (χ0v) is 8.77. The van der Waals surface area contributed by atoms with Gasteiger partial charge in [0.25, 0.3) is 0 Å². The topological polar surface area (TPSA) is 37.9 Å². The maximum atomic E-state index is 5.60. The molecule has 0 bridgehead atoms. The molecule has 2 aromatic rings. The van der Waals surface area contributed by atoms with Gasteiger partial charge < -0.3 is 4.42 Å². The smallest absolute Gasteiger partial charge is 0.228 e. The molecule has 0 N–H and O–H groups in total. The van der Waals surface area contributed by atoms with Gasteiger partial charge in [0.1, 0.15) is 5.58 Å². The van der Waals surface area contributed by atoms with Crippen LogP contribution < -0.4 is 0 Å². The number of aliphatic imine (C=N–C) groups is 2. The van der Waals surface area contributed by atoms with Gasteiger partial charge in [0, 0.05) is 24.9 Å². The van der Waals surface area contributed by atoms with Gasteiger partial charge in [-0.25, -0.2) is 4.99 Å². The lowest BCUT2D eigenvalue weighted by molar-refractivity contribution is 0.626. The fraction of sp³-hybridized carbons (Fsp3) is 0.167. The summed E-state index contributed by atoms with van der Waals surface area (Å²) in [5.74, 6) is 0.615. The largest absolute Gasteiger partial charge is 0.438 e. The molecule has 0 fully saturated rings. The predicted molar refractivity (Wildman–Crippen MR) is 63.6 cm³/mol. The number of furan rings is 1. The fourth-order valence-corrected chi connectivity index (χ4v) is 1.52. The Morgan fingerprint density at radius 1 is 1.27 bits per heavy atom. The van der Waals surface area contributed by atoms with E-state index in [-0.39, 0.29) is 0 Å². The summed E-state index contributed by atoms with van der Waals surface area (Å²) in [6.07, 6.45) is 3.48.